The highest BCUT2D eigenvalue weighted by Crippen LogP contribution is 2.37. The Hall–Kier alpha value is -3.78. The molecule has 11 nitrogen and oxygen atoms in total. The lowest BCUT2D eigenvalue weighted by Gasteiger charge is -2.26. The molecule has 0 spiro atoms. The van der Waals surface area contributed by atoms with E-state index in [2.05, 4.69) is 20.8 Å². The van der Waals surface area contributed by atoms with Gasteiger partial charge in [-0.15, -0.1) is 21.5 Å². The van der Waals surface area contributed by atoms with Crippen molar-refractivity contribution in [3.63, 3.8) is 0 Å². The van der Waals surface area contributed by atoms with Gasteiger partial charge in [-0.2, -0.15) is 0 Å². The Morgan fingerprint density at radius 2 is 1.80 bits per heavy atom. The second-order valence-corrected chi connectivity index (χ2v) is 12.5. The molecule has 1 aliphatic carbocycles. The Balaban J connectivity index is 1.54. The number of aromatic nitrogens is 3. The van der Waals surface area contributed by atoms with Crippen LogP contribution in [-0.2, 0) is 20.8 Å². The summed E-state index contributed by atoms with van der Waals surface area (Å²) in [5, 5.41) is 14.4. The van der Waals surface area contributed by atoms with E-state index in [1.165, 1.54) is 36.0 Å². The van der Waals surface area contributed by atoms with Crippen LogP contribution in [0.25, 0.3) is 0 Å². The van der Waals surface area contributed by atoms with Crippen molar-refractivity contribution in [1.82, 2.24) is 20.1 Å². The van der Waals surface area contributed by atoms with Crippen molar-refractivity contribution in [1.29, 1.82) is 0 Å². The van der Waals surface area contributed by atoms with E-state index >= 15 is 0 Å². The number of hydrogen-bond acceptors (Lipinski definition) is 10. The van der Waals surface area contributed by atoms with E-state index < -0.39 is 34.8 Å². The van der Waals surface area contributed by atoms with E-state index in [9.17, 15) is 23.6 Å². The molecular weight excluding hydrogens is 609 g/mol. The lowest BCUT2D eigenvalue weighted by molar-refractivity contribution is -0.115. The van der Waals surface area contributed by atoms with Gasteiger partial charge in [0.2, 0.25) is 5.91 Å². The zero-order valence-electron chi connectivity index (χ0n) is 25.1. The average Bonchev–Trinajstić information content (AvgIpc) is 3.56. The van der Waals surface area contributed by atoms with Gasteiger partial charge < -0.3 is 24.7 Å². The largest absolute Gasteiger partial charge is 0.462 e. The van der Waals surface area contributed by atoms with Gasteiger partial charge in [-0.3, -0.25) is 9.59 Å². The molecule has 1 aromatic carbocycles. The Kier molecular flexibility index (Phi) is 11.5. The number of hydrogen-bond donors (Lipinski definition) is 2. The summed E-state index contributed by atoms with van der Waals surface area (Å²) in [6, 6.07) is 5.54. The Labute approximate surface area is 263 Å². The van der Waals surface area contributed by atoms with Crippen molar-refractivity contribution >= 4 is 51.9 Å². The molecule has 4 rings (SSSR count). The number of rotatable bonds is 12. The molecule has 1 aliphatic rings. The zero-order chi connectivity index (χ0) is 31.8. The molecule has 2 N–H and O–H groups in total. The summed E-state index contributed by atoms with van der Waals surface area (Å²) < 4.78 is 25.9. The zero-order valence-corrected chi connectivity index (χ0v) is 26.7. The predicted molar refractivity (Wildman–Crippen MR) is 165 cm³/mol. The molecule has 2 amide bonds. The first-order valence-corrected chi connectivity index (χ1v) is 16.3. The second kappa shape index (κ2) is 15.3. The molecule has 14 heteroatoms. The molecule has 0 bridgehead atoms. The number of thioether (sulfide) groups is 1. The summed E-state index contributed by atoms with van der Waals surface area (Å²) in [7, 11) is 0. The minimum atomic E-state index is -0.667. The summed E-state index contributed by atoms with van der Waals surface area (Å²) in [6.07, 6.45) is 5.02. The van der Waals surface area contributed by atoms with E-state index in [1.54, 1.807) is 27.7 Å². The molecule has 2 aromatic heterocycles. The number of thiophene rings is 1. The fourth-order valence-electron chi connectivity index (χ4n) is 4.97. The predicted octanol–water partition coefficient (Wildman–Crippen LogP) is 5.70. The van der Waals surface area contributed by atoms with Gasteiger partial charge >= 0.3 is 11.9 Å². The SMILES string of the molecule is CCOC(=O)c1sc(NC(=O)[C@@H](C)Sc2nnc(CNC(=O)c3cccc(F)c3)n2C2CCCCC2)c(C(=O)OCC)c1C. The van der Waals surface area contributed by atoms with Crippen LogP contribution in [0.3, 0.4) is 0 Å². The van der Waals surface area contributed by atoms with E-state index in [0.717, 1.165) is 43.4 Å². The number of carbonyl (C=O) groups is 4. The number of benzene rings is 1. The number of esters is 2. The van der Waals surface area contributed by atoms with Crippen LogP contribution in [0.1, 0.15) is 101 Å². The average molecular weight is 646 g/mol. The van der Waals surface area contributed by atoms with Crippen LogP contribution in [0.4, 0.5) is 9.39 Å². The Morgan fingerprint density at radius 3 is 2.48 bits per heavy atom. The van der Waals surface area contributed by atoms with Crippen LogP contribution in [0, 0.1) is 12.7 Å². The molecule has 0 unspecified atom stereocenters. The molecule has 0 aliphatic heterocycles. The third kappa shape index (κ3) is 7.83. The highest BCUT2D eigenvalue weighted by atomic mass is 32.2. The summed E-state index contributed by atoms with van der Waals surface area (Å²) >= 11 is 2.17. The van der Waals surface area contributed by atoms with E-state index in [1.807, 2.05) is 4.57 Å². The van der Waals surface area contributed by atoms with Crippen molar-refractivity contribution in [3.8, 4) is 0 Å². The third-order valence-corrected chi connectivity index (χ3v) is 9.39. The minimum Gasteiger partial charge on any atom is -0.462 e. The minimum absolute atomic E-state index is 0.0774. The van der Waals surface area contributed by atoms with Gasteiger partial charge in [0, 0.05) is 11.6 Å². The lowest BCUT2D eigenvalue weighted by Crippen LogP contribution is -2.27. The molecule has 2 heterocycles. The number of ether oxygens (including phenoxy) is 2. The topological polar surface area (TPSA) is 142 Å². The van der Waals surface area contributed by atoms with Crippen molar-refractivity contribution in [2.45, 2.75) is 82.8 Å². The van der Waals surface area contributed by atoms with Gasteiger partial charge in [-0.05, 0) is 64.3 Å². The van der Waals surface area contributed by atoms with Crippen molar-refractivity contribution in [2.24, 2.45) is 0 Å². The van der Waals surface area contributed by atoms with Crippen molar-refractivity contribution < 1.29 is 33.0 Å². The number of nitrogens with zero attached hydrogens (tertiary/aromatic N) is 3. The maximum absolute atomic E-state index is 13.6. The van der Waals surface area contributed by atoms with Gasteiger partial charge in [-0.1, -0.05) is 37.1 Å². The van der Waals surface area contributed by atoms with Crippen LogP contribution in [0.5, 0.6) is 0 Å². The molecule has 1 saturated carbocycles. The molecule has 236 valence electrons. The highest BCUT2D eigenvalue weighted by Gasteiger charge is 2.30. The highest BCUT2D eigenvalue weighted by molar-refractivity contribution is 8.00. The van der Waals surface area contributed by atoms with Gasteiger partial charge in [0.1, 0.15) is 15.7 Å². The monoisotopic (exact) mass is 645 g/mol. The van der Waals surface area contributed by atoms with Crippen LogP contribution >= 0.6 is 23.1 Å². The Morgan fingerprint density at radius 1 is 1.09 bits per heavy atom. The van der Waals surface area contributed by atoms with E-state index in [4.69, 9.17) is 9.47 Å². The van der Waals surface area contributed by atoms with Crippen LogP contribution in [-0.4, -0.2) is 57.0 Å². The number of nitrogens with one attached hydrogen (secondary N) is 2. The number of carbonyl (C=O) groups excluding carboxylic acids is 4. The van der Waals surface area contributed by atoms with Crippen LogP contribution in [0.15, 0.2) is 29.4 Å². The van der Waals surface area contributed by atoms with Gasteiger partial charge in [-0.25, -0.2) is 14.0 Å². The first-order chi connectivity index (χ1) is 21.1. The van der Waals surface area contributed by atoms with Crippen molar-refractivity contribution in [3.05, 3.63) is 57.5 Å². The first kappa shape index (κ1) is 33.1. The molecule has 3 aromatic rings. The maximum Gasteiger partial charge on any atom is 0.348 e. The maximum atomic E-state index is 13.6. The van der Waals surface area contributed by atoms with Gasteiger partial charge in [0.05, 0.1) is 30.6 Å². The molecule has 0 saturated heterocycles. The normalized spacial score (nSPS) is 14.1. The molecule has 44 heavy (non-hydrogen) atoms. The molecule has 1 fully saturated rings. The van der Waals surface area contributed by atoms with Crippen molar-refractivity contribution in [2.75, 3.05) is 18.5 Å². The number of amides is 2. The van der Waals surface area contributed by atoms with Crippen LogP contribution in [0.2, 0.25) is 0 Å². The first-order valence-electron chi connectivity index (χ1n) is 14.6. The third-order valence-electron chi connectivity index (χ3n) is 7.14. The Bertz CT molecular complexity index is 1520. The summed E-state index contributed by atoms with van der Waals surface area (Å²) in [6.45, 7) is 7.06. The fourth-order valence-corrected chi connectivity index (χ4v) is 7.00. The fraction of sp³-hybridized carbons (Fsp3) is 0.467. The summed E-state index contributed by atoms with van der Waals surface area (Å²) in [5.74, 6) is -2.03. The second-order valence-electron chi connectivity index (χ2n) is 10.2. The van der Waals surface area contributed by atoms with Gasteiger partial charge in [0.15, 0.2) is 11.0 Å². The lowest BCUT2D eigenvalue weighted by atomic mass is 9.95. The summed E-state index contributed by atoms with van der Waals surface area (Å²) in [4.78, 5) is 51.6. The quantitative estimate of drug-likeness (QED) is 0.188. The van der Waals surface area contributed by atoms with E-state index in [0.29, 0.717) is 16.5 Å². The van der Waals surface area contributed by atoms with Gasteiger partial charge in [0.25, 0.3) is 5.91 Å². The summed E-state index contributed by atoms with van der Waals surface area (Å²) in [5.41, 5.74) is 0.697. The molecular formula is C30H36FN5O6S2. The molecule has 1 atom stereocenters. The van der Waals surface area contributed by atoms with E-state index in [-0.39, 0.29) is 46.8 Å². The van der Waals surface area contributed by atoms with Crippen LogP contribution < -0.4 is 10.6 Å². The number of halogens is 1. The molecule has 0 radical (unpaired) electrons. The smallest absolute Gasteiger partial charge is 0.348 e. The standard InChI is InChI=1S/C30H36FN5O6S2/c1-5-41-28(39)23-17(3)24(29(40)42-6-2)44-27(23)33-25(37)18(4)43-30-35-34-22(36(30)21-13-8-7-9-14-21)16-32-26(38)19-11-10-12-20(31)15-19/h10-12,15,18,21H,5-9,13-14,16H2,1-4H3,(H,32,38)(H,33,37)/t18-/m1/s1. The number of anilines is 1.